The summed E-state index contributed by atoms with van der Waals surface area (Å²) < 4.78 is 5.27. The minimum atomic E-state index is 0.0447. The van der Waals surface area contributed by atoms with Gasteiger partial charge < -0.3 is 10.1 Å². The van der Waals surface area contributed by atoms with E-state index in [4.69, 9.17) is 4.74 Å². The zero-order chi connectivity index (χ0) is 13.0. The van der Waals surface area contributed by atoms with Crippen LogP contribution in [0.4, 0.5) is 0 Å². The van der Waals surface area contributed by atoms with E-state index in [1.807, 2.05) is 26.1 Å². The Hall–Kier alpha value is -1.94. The molecular weight excluding hydrogens is 226 g/mol. The summed E-state index contributed by atoms with van der Waals surface area (Å²) in [6, 6.07) is 6.17. The number of ether oxygens (including phenoxy) is 1. The predicted octanol–water partition coefficient (Wildman–Crippen LogP) is 2.10. The molecule has 0 saturated carbocycles. The monoisotopic (exact) mass is 243 g/mol. The fourth-order valence-electron chi connectivity index (χ4n) is 2.03. The number of nitrogens with zero attached hydrogens (tertiary/aromatic N) is 2. The zero-order valence-electron chi connectivity index (χ0n) is 10.8. The van der Waals surface area contributed by atoms with E-state index in [1.165, 1.54) is 0 Å². The Morgan fingerprint density at radius 2 is 2.11 bits per heavy atom. The summed E-state index contributed by atoms with van der Waals surface area (Å²) in [7, 11) is 3.60. The molecule has 0 aliphatic rings. The summed E-state index contributed by atoms with van der Waals surface area (Å²) in [5.41, 5.74) is 3.17. The van der Waals surface area contributed by atoms with Crippen molar-refractivity contribution in [2.75, 3.05) is 14.2 Å². The third-order valence-corrected chi connectivity index (χ3v) is 2.92. The van der Waals surface area contributed by atoms with E-state index in [1.54, 1.807) is 25.7 Å². The Morgan fingerprint density at radius 3 is 2.67 bits per heavy atom. The fraction of sp³-hybridized carbons (Fsp3) is 0.286. The Bertz CT molecular complexity index is 514. The number of aryl methyl sites for hydroxylation is 1. The summed E-state index contributed by atoms with van der Waals surface area (Å²) in [5, 5.41) is 3.26. The Kier molecular flexibility index (Phi) is 3.89. The molecule has 1 N–H and O–H groups in total. The molecule has 0 amide bonds. The first-order valence-electron chi connectivity index (χ1n) is 5.84. The van der Waals surface area contributed by atoms with Crippen molar-refractivity contribution in [2.45, 2.75) is 13.0 Å². The normalized spacial score (nSPS) is 12.2. The van der Waals surface area contributed by atoms with Crippen molar-refractivity contribution in [1.82, 2.24) is 15.3 Å². The topological polar surface area (TPSA) is 47.0 Å². The van der Waals surface area contributed by atoms with Crippen LogP contribution in [0.25, 0.3) is 0 Å². The van der Waals surface area contributed by atoms with Gasteiger partial charge in [0.25, 0.3) is 0 Å². The van der Waals surface area contributed by atoms with E-state index in [-0.39, 0.29) is 6.04 Å². The molecule has 94 valence electrons. The largest absolute Gasteiger partial charge is 0.496 e. The SMILES string of the molecule is CNC(c1ccc(OC)c(C)c1)c1cnccn1. The van der Waals surface area contributed by atoms with Gasteiger partial charge in [-0.05, 0) is 31.2 Å². The van der Waals surface area contributed by atoms with Crippen LogP contribution in [0.2, 0.25) is 0 Å². The van der Waals surface area contributed by atoms with Gasteiger partial charge >= 0.3 is 0 Å². The summed E-state index contributed by atoms with van der Waals surface area (Å²) >= 11 is 0. The molecule has 0 bridgehead atoms. The summed E-state index contributed by atoms with van der Waals surface area (Å²) in [4.78, 5) is 8.45. The molecule has 1 atom stereocenters. The Balaban J connectivity index is 2.37. The van der Waals surface area contributed by atoms with Crippen molar-refractivity contribution in [2.24, 2.45) is 0 Å². The summed E-state index contributed by atoms with van der Waals surface area (Å²) in [6.45, 7) is 2.03. The number of hydrogen-bond acceptors (Lipinski definition) is 4. The second kappa shape index (κ2) is 5.60. The van der Waals surface area contributed by atoms with Crippen molar-refractivity contribution in [3.8, 4) is 5.75 Å². The molecule has 0 fully saturated rings. The number of nitrogens with one attached hydrogen (secondary N) is 1. The van der Waals surface area contributed by atoms with Gasteiger partial charge in [-0.1, -0.05) is 12.1 Å². The Labute approximate surface area is 107 Å². The summed E-state index contributed by atoms with van der Waals surface area (Å²) in [6.07, 6.45) is 5.16. The number of methoxy groups -OCH3 is 1. The molecule has 1 unspecified atom stereocenters. The van der Waals surface area contributed by atoms with Gasteiger partial charge in [-0.15, -0.1) is 0 Å². The lowest BCUT2D eigenvalue weighted by Gasteiger charge is -2.17. The maximum Gasteiger partial charge on any atom is 0.121 e. The van der Waals surface area contributed by atoms with E-state index in [9.17, 15) is 0 Å². The van der Waals surface area contributed by atoms with Gasteiger partial charge in [0, 0.05) is 12.4 Å². The highest BCUT2D eigenvalue weighted by Gasteiger charge is 2.14. The third kappa shape index (κ3) is 2.49. The van der Waals surface area contributed by atoms with E-state index >= 15 is 0 Å². The average Bonchev–Trinajstić information content (AvgIpc) is 2.41. The van der Waals surface area contributed by atoms with Crippen molar-refractivity contribution >= 4 is 0 Å². The quantitative estimate of drug-likeness (QED) is 0.893. The van der Waals surface area contributed by atoms with Crippen LogP contribution < -0.4 is 10.1 Å². The molecule has 4 heteroatoms. The van der Waals surface area contributed by atoms with Gasteiger partial charge in [0.2, 0.25) is 0 Å². The van der Waals surface area contributed by atoms with Crippen LogP contribution >= 0.6 is 0 Å². The predicted molar refractivity (Wildman–Crippen MR) is 70.7 cm³/mol. The first-order chi connectivity index (χ1) is 8.76. The van der Waals surface area contributed by atoms with Crippen LogP contribution in [0.3, 0.4) is 0 Å². The van der Waals surface area contributed by atoms with Gasteiger partial charge in [0.05, 0.1) is 25.0 Å². The molecular formula is C14H17N3O. The lowest BCUT2D eigenvalue weighted by molar-refractivity contribution is 0.411. The molecule has 2 rings (SSSR count). The fourth-order valence-corrected chi connectivity index (χ4v) is 2.03. The van der Waals surface area contributed by atoms with Crippen LogP contribution in [-0.4, -0.2) is 24.1 Å². The molecule has 2 aromatic rings. The number of aromatic nitrogens is 2. The maximum atomic E-state index is 5.27. The lowest BCUT2D eigenvalue weighted by atomic mass is 10.0. The van der Waals surface area contributed by atoms with E-state index in [2.05, 4.69) is 21.4 Å². The van der Waals surface area contributed by atoms with Crippen molar-refractivity contribution in [3.05, 3.63) is 53.6 Å². The van der Waals surface area contributed by atoms with Crippen LogP contribution in [0.15, 0.2) is 36.8 Å². The Morgan fingerprint density at radius 1 is 1.28 bits per heavy atom. The molecule has 0 spiro atoms. The van der Waals surface area contributed by atoms with Gasteiger partial charge in [0.15, 0.2) is 0 Å². The maximum absolute atomic E-state index is 5.27. The van der Waals surface area contributed by atoms with Gasteiger partial charge in [-0.2, -0.15) is 0 Å². The van der Waals surface area contributed by atoms with Gasteiger partial charge in [0.1, 0.15) is 5.75 Å². The number of rotatable bonds is 4. The minimum Gasteiger partial charge on any atom is -0.496 e. The molecule has 0 aliphatic heterocycles. The molecule has 1 aromatic heterocycles. The second-order valence-electron chi connectivity index (χ2n) is 4.08. The van der Waals surface area contributed by atoms with E-state index in [0.717, 1.165) is 22.6 Å². The average molecular weight is 243 g/mol. The third-order valence-electron chi connectivity index (χ3n) is 2.92. The molecule has 1 heterocycles. The number of hydrogen-bond donors (Lipinski definition) is 1. The lowest BCUT2D eigenvalue weighted by Crippen LogP contribution is -2.19. The molecule has 0 aliphatic carbocycles. The van der Waals surface area contributed by atoms with Crippen LogP contribution in [-0.2, 0) is 0 Å². The smallest absolute Gasteiger partial charge is 0.121 e. The minimum absolute atomic E-state index is 0.0447. The van der Waals surface area contributed by atoms with Crippen LogP contribution in [0.5, 0.6) is 5.75 Å². The highest BCUT2D eigenvalue weighted by atomic mass is 16.5. The van der Waals surface area contributed by atoms with E-state index < -0.39 is 0 Å². The van der Waals surface area contributed by atoms with Crippen molar-refractivity contribution in [3.63, 3.8) is 0 Å². The van der Waals surface area contributed by atoms with Gasteiger partial charge in [-0.3, -0.25) is 9.97 Å². The zero-order valence-corrected chi connectivity index (χ0v) is 10.8. The van der Waals surface area contributed by atoms with Crippen molar-refractivity contribution < 1.29 is 4.74 Å². The first-order valence-corrected chi connectivity index (χ1v) is 5.84. The van der Waals surface area contributed by atoms with Gasteiger partial charge in [-0.25, -0.2) is 0 Å². The van der Waals surface area contributed by atoms with Crippen LogP contribution in [0.1, 0.15) is 22.9 Å². The highest BCUT2D eigenvalue weighted by molar-refractivity contribution is 5.39. The second-order valence-corrected chi connectivity index (χ2v) is 4.08. The molecule has 1 aromatic carbocycles. The highest BCUT2D eigenvalue weighted by Crippen LogP contribution is 2.25. The molecule has 0 radical (unpaired) electrons. The van der Waals surface area contributed by atoms with E-state index in [0.29, 0.717) is 0 Å². The van der Waals surface area contributed by atoms with Crippen LogP contribution in [0, 0.1) is 6.92 Å². The number of benzene rings is 1. The molecule has 18 heavy (non-hydrogen) atoms. The molecule has 4 nitrogen and oxygen atoms in total. The summed E-state index contributed by atoms with van der Waals surface area (Å²) in [5.74, 6) is 0.896. The molecule has 0 saturated heterocycles. The first kappa shape index (κ1) is 12.5. The van der Waals surface area contributed by atoms with Crippen molar-refractivity contribution in [1.29, 1.82) is 0 Å². The standard InChI is InChI=1S/C14H17N3O/c1-10-8-11(4-5-13(10)18-3)14(15-2)12-9-16-6-7-17-12/h4-9,14-15H,1-3H3.